The van der Waals surface area contributed by atoms with Gasteiger partial charge >= 0.3 is 5.97 Å². The van der Waals surface area contributed by atoms with E-state index in [0.717, 1.165) is 0 Å². The highest BCUT2D eigenvalue weighted by molar-refractivity contribution is 5.92. The molecule has 2 rings (SSSR count). The molecule has 14 heavy (non-hydrogen) atoms. The molecule has 0 aliphatic heterocycles. The molecule has 0 radical (unpaired) electrons. The standard InChI is InChI=1S/C8H7N3O3/c1-11-7(8(12)13)6(9-10-11)5-2-3-14-4-5/h2-4H,1H3,(H,12,13). The Morgan fingerprint density at radius 2 is 2.43 bits per heavy atom. The van der Waals surface area contributed by atoms with E-state index in [1.54, 1.807) is 6.07 Å². The Labute approximate surface area is 78.8 Å². The number of nitrogens with zero attached hydrogens (tertiary/aromatic N) is 3. The molecule has 0 amide bonds. The molecule has 0 aromatic carbocycles. The minimum Gasteiger partial charge on any atom is -0.476 e. The van der Waals surface area contributed by atoms with Gasteiger partial charge in [-0.3, -0.25) is 0 Å². The van der Waals surface area contributed by atoms with Crippen molar-refractivity contribution in [3.05, 3.63) is 24.3 Å². The van der Waals surface area contributed by atoms with E-state index in [9.17, 15) is 4.79 Å². The van der Waals surface area contributed by atoms with Crippen molar-refractivity contribution in [1.82, 2.24) is 15.0 Å². The summed E-state index contributed by atoms with van der Waals surface area (Å²) in [5, 5.41) is 16.3. The van der Waals surface area contributed by atoms with Crippen LogP contribution < -0.4 is 0 Å². The smallest absolute Gasteiger partial charge is 0.356 e. The largest absolute Gasteiger partial charge is 0.476 e. The number of furan rings is 1. The van der Waals surface area contributed by atoms with Crippen molar-refractivity contribution >= 4 is 5.97 Å². The fraction of sp³-hybridized carbons (Fsp3) is 0.125. The first-order valence-electron chi connectivity index (χ1n) is 3.85. The third kappa shape index (κ3) is 1.17. The van der Waals surface area contributed by atoms with Crippen molar-refractivity contribution in [3.63, 3.8) is 0 Å². The normalized spacial score (nSPS) is 10.4. The molecule has 72 valence electrons. The van der Waals surface area contributed by atoms with Crippen LogP contribution in [0, 0.1) is 0 Å². The number of aromatic nitrogens is 3. The second-order valence-electron chi connectivity index (χ2n) is 2.73. The first-order chi connectivity index (χ1) is 6.70. The molecular formula is C8H7N3O3. The van der Waals surface area contributed by atoms with Crippen molar-refractivity contribution in [2.45, 2.75) is 0 Å². The summed E-state index contributed by atoms with van der Waals surface area (Å²) >= 11 is 0. The SMILES string of the molecule is Cn1nnc(-c2ccoc2)c1C(=O)O. The van der Waals surface area contributed by atoms with E-state index in [1.807, 2.05) is 0 Å². The molecule has 0 spiro atoms. The zero-order valence-electron chi connectivity index (χ0n) is 7.34. The average Bonchev–Trinajstić information content (AvgIpc) is 2.70. The van der Waals surface area contributed by atoms with Crippen molar-refractivity contribution in [1.29, 1.82) is 0 Å². The lowest BCUT2D eigenvalue weighted by atomic mass is 10.2. The number of aromatic carboxylic acids is 1. The Kier molecular flexibility index (Phi) is 1.81. The predicted molar refractivity (Wildman–Crippen MR) is 45.7 cm³/mol. The van der Waals surface area contributed by atoms with Crippen LogP contribution in [-0.2, 0) is 7.05 Å². The van der Waals surface area contributed by atoms with Crippen LogP contribution in [0.2, 0.25) is 0 Å². The number of aryl methyl sites for hydroxylation is 1. The van der Waals surface area contributed by atoms with Crippen LogP contribution >= 0.6 is 0 Å². The molecule has 2 heterocycles. The fourth-order valence-electron chi connectivity index (χ4n) is 1.19. The molecule has 0 bridgehead atoms. The van der Waals surface area contributed by atoms with Gasteiger partial charge in [-0.05, 0) is 6.07 Å². The van der Waals surface area contributed by atoms with Gasteiger partial charge in [0.15, 0.2) is 5.69 Å². The van der Waals surface area contributed by atoms with Gasteiger partial charge in [-0.25, -0.2) is 9.48 Å². The van der Waals surface area contributed by atoms with Crippen LogP contribution in [0.15, 0.2) is 23.0 Å². The van der Waals surface area contributed by atoms with Crippen LogP contribution in [0.4, 0.5) is 0 Å². The third-order valence-electron chi connectivity index (χ3n) is 1.82. The molecule has 0 aliphatic rings. The summed E-state index contributed by atoms with van der Waals surface area (Å²) in [4.78, 5) is 10.9. The lowest BCUT2D eigenvalue weighted by Crippen LogP contribution is -2.06. The molecule has 0 unspecified atom stereocenters. The molecule has 1 N–H and O–H groups in total. The van der Waals surface area contributed by atoms with Gasteiger partial charge in [0.1, 0.15) is 5.69 Å². The molecule has 0 saturated heterocycles. The number of carboxylic acids is 1. The number of carboxylic acid groups (broad SMARTS) is 1. The Bertz CT molecular complexity index is 458. The van der Waals surface area contributed by atoms with E-state index in [4.69, 9.17) is 9.52 Å². The maximum Gasteiger partial charge on any atom is 0.356 e. The van der Waals surface area contributed by atoms with Gasteiger partial charge in [-0.1, -0.05) is 5.21 Å². The van der Waals surface area contributed by atoms with E-state index >= 15 is 0 Å². The van der Waals surface area contributed by atoms with Gasteiger partial charge in [0.25, 0.3) is 0 Å². The highest BCUT2D eigenvalue weighted by Crippen LogP contribution is 2.20. The minimum absolute atomic E-state index is 0.0476. The monoisotopic (exact) mass is 193 g/mol. The lowest BCUT2D eigenvalue weighted by molar-refractivity contribution is 0.0686. The quantitative estimate of drug-likeness (QED) is 0.761. The van der Waals surface area contributed by atoms with Crippen molar-refractivity contribution in [2.75, 3.05) is 0 Å². The van der Waals surface area contributed by atoms with E-state index in [1.165, 1.54) is 24.3 Å². The lowest BCUT2D eigenvalue weighted by Gasteiger charge is -1.94. The van der Waals surface area contributed by atoms with Crippen molar-refractivity contribution in [2.24, 2.45) is 7.05 Å². The van der Waals surface area contributed by atoms with Gasteiger partial charge in [-0.2, -0.15) is 0 Å². The summed E-state index contributed by atoms with van der Waals surface area (Å²) < 4.78 is 6.06. The van der Waals surface area contributed by atoms with Gasteiger partial charge < -0.3 is 9.52 Å². The fourth-order valence-corrected chi connectivity index (χ4v) is 1.19. The number of hydrogen-bond donors (Lipinski definition) is 1. The summed E-state index contributed by atoms with van der Waals surface area (Å²) in [7, 11) is 1.53. The van der Waals surface area contributed by atoms with Gasteiger partial charge in [0.05, 0.1) is 12.5 Å². The second-order valence-corrected chi connectivity index (χ2v) is 2.73. The first kappa shape index (κ1) is 8.49. The Balaban J connectivity index is 2.60. The van der Waals surface area contributed by atoms with Crippen LogP contribution in [0.3, 0.4) is 0 Å². The number of rotatable bonds is 2. The highest BCUT2D eigenvalue weighted by Gasteiger charge is 2.19. The molecule has 2 aromatic rings. The van der Waals surface area contributed by atoms with Crippen LogP contribution in [0.1, 0.15) is 10.5 Å². The Morgan fingerprint density at radius 3 is 3.00 bits per heavy atom. The zero-order chi connectivity index (χ0) is 10.1. The van der Waals surface area contributed by atoms with Crippen LogP contribution in [0.25, 0.3) is 11.3 Å². The Hall–Kier alpha value is -2.11. The summed E-state index contributed by atoms with van der Waals surface area (Å²) in [6.45, 7) is 0. The minimum atomic E-state index is -1.06. The van der Waals surface area contributed by atoms with E-state index in [2.05, 4.69) is 10.3 Å². The molecule has 0 saturated carbocycles. The molecule has 6 nitrogen and oxygen atoms in total. The van der Waals surface area contributed by atoms with E-state index < -0.39 is 5.97 Å². The molecule has 0 fully saturated rings. The van der Waals surface area contributed by atoms with Gasteiger partial charge in [0, 0.05) is 12.6 Å². The highest BCUT2D eigenvalue weighted by atomic mass is 16.4. The number of hydrogen-bond acceptors (Lipinski definition) is 4. The number of carbonyl (C=O) groups is 1. The van der Waals surface area contributed by atoms with E-state index in [-0.39, 0.29) is 5.69 Å². The molecule has 0 aliphatic carbocycles. The van der Waals surface area contributed by atoms with Crippen LogP contribution in [-0.4, -0.2) is 26.1 Å². The van der Waals surface area contributed by atoms with Gasteiger partial charge in [0.2, 0.25) is 0 Å². The molecular weight excluding hydrogens is 186 g/mol. The predicted octanol–water partition coefficient (Wildman–Crippen LogP) is 0.773. The topological polar surface area (TPSA) is 81.2 Å². The molecule has 0 atom stereocenters. The van der Waals surface area contributed by atoms with Crippen LogP contribution in [0.5, 0.6) is 0 Å². The average molecular weight is 193 g/mol. The second kappa shape index (κ2) is 2.99. The molecule has 6 heteroatoms. The Morgan fingerprint density at radius 1 is 1.64 bits per heavy atom. The molecule has 2 aromatic heterocycles. The maximum atomic E-state index is 10.9. The van der Waals surface area contributed by atoms with Gasteiger partial charge in [-0.15, -0.1) is 5.10 Å². The zero-order valence-corrected chi connectivity index (χ0v) is 7.34. The first-order valence-corrected chi connectivity index (χ1v) is 3.85. The summed E-state index contributed by atoms with van der Waals surface area (Å²) in [6.07, 6.45) is 2.88. The van der Waals surface area contributed by atoms with Crippen molar-refractivity contribution < 1.29 is 14.3 Å². The summed E-state index contributed by atoms with van der Waals surface area (Å²) in [6, 6.07) is 1.64. The van der Waals surface area contributed by atoms with Crippen molar-refractivity contribution in [3.8, 4) is 11.3 Å². The third-order valence-corrected chi connectivity index (χ3v) is 1.82. The maximum absolute atomic E-state index is 10.9. The summed E-state index contributed by atoms with van der Waals surface area (Å²) in [5.41, 5.74) is 0.968. The summed E-state index contributed by atoms with van der Waals surface area (Å²) in [5.74, 6) is -1.06. The van der Waals surface area contributed by atoms with E-state index in [0.29, 0.717) is 11.3 Å².